The minimum absolute atomic E-state index is 0.208. The molecule has 17 heavy (non-hydrogen) atoms. The molecule has 0 saturated heterocycles. The minimum Gasteiger partial charge on any atom is -0.507 e. The van der Waals surface area contributed by atoms with Crippen LogP contribution in [0.25, 0.3) is 0 Å². The Morgan fingerprint density at radius 2 is 2.06 bits per heavy atom. The number of nitro groups is 1. The molecule has 1 unspecified atom stereocenters. The van der Waals surface area contributed by atoms with E-state index < -0.39 is 33.5 Å². The smallest absolute Gasteiger partial charge is 0.441 e. The van der Waals surface area contributed by atoms with Crippen LogP contribution in [0.1, 0.15) is 5.56 Å². The third kappa shape index (κ3) is 1.97. The van der Waals surface area contributed by atoms with Gasteiger partial charge in [0.1, 0.15) is 5.75 Å². The topological polar surface area (TPSA) is 131 Å². The number of hydrogen-bond donors (Lipinski definition) is 2. The lowest BCUT2D eigenvalue weighted by atomic mass is 10.1. The van der Waals surface area contributed by atoms with E-state index in [0.717, 1.165) is 12.1 Å². The molecule has 10 heteroatoms. The van der Waals surface area contributed by atoms with Crippen LogP contribution in [0.4, 0.5) is 5.69 Å². The predicted octanol–water partition coefficient (Wildman–Crippen LogP) is 0.293. The Balaban J connectivity index is 2.51. The van der Waals surface area contributed by atoms with Gasteiger partial charge in [-0.1, -0.05) is 0 Å². The van der Waals surface area contributed by atoms with Crippen LogP contribution in [0.15, 0.2) is 17.3 Å². The van der Waals surface area contributed by atoms with E-state index in [-0.39, 0.29) is 11.5 Å². The number of hydrogen-bond acceptors (Lipinski definition) is 8. The molecular weight excluding hydrogens is 256 g/mol. The van der Waals surface area contributed by atoms with Crippen LogP contribution in [0, 0.1) is 10.1 Å². The highest BCUT2D eigenvalue weighted by atomic mass is 32.2. The molecule has 1 aromatic carbocycles. The van der Waals surface area contributed by atoms with Crippen molar-refractivity contribution >= 4 is 22.9 Å². The number of oxime groups is 1. The molecule has 90 valence electrons. The number of rotatable bonds is 2. The summed E-state index contributed by atoms with van der Waals surface area (Å²) in [7, 11) is 0. The van der Waals surface area contributed by atoms with E-state index in [1.54, 1.807) is 0 Å². The second-order valence-electron chi connectivity index (χ2n) is 2.87. The molecule has 9 nitrogen and oxygen atoms in total. The summed E-state index contributed by atoms with van der Waals surface area (Å²) in [5.74, 6) is -1.60. The van der Waals surface area contributed by atoms with E-state index in [4.69, 9.17) is 0 Å². The average Bonchev–Trinajstić information content (AvgIpc) is 2.64. The summed E-state index contributed by atoms with van der Waals surface area (Å²) in [5.41, 5.74) is -0.859. The maximum absolute atomic E-state index is 10.7. The quantitative estimate of drug-likeness (QED) is 0.577. The largest absolute Gasteiger partial charge is 0.507 e. The first-order chi connectivity index (χ1) is 7.99. The van der Waals surface area contributed by atoms with Gasteiger partial charge < -0.3 is 14.4 Å². The second-order valence-corrected chi connectivity index (χ2v) is 3.60. The van der Waals surface area contributed by atoms with E-state index in [2.05, 4.69) is 13.6 Å². The van der Waals surface area contributed by atoms with Crippen molar-refractivity contribution in [1.29, 1.82) is 0 Å². The number of nitro benzene ring substituents is 1. The molecule has 1 aliphatic rings. The van der Waals surface area contributed by atoms with Crippen molar-refractivity contribution in [2.24, 2.45) is 5.16 Å². The first-order valence-corrected chi connectivity index (χ1v) is 5.05. The molecule has 0 bridgehead atoms. The van der Waals surface area contributed by atoms with Crippen molar-refractivity contribution in [1.82, 2.24) is 0 Å². The molecule has 2 N–H and O–H groups in total. The van der Waals surface area contributed by atoms with Gasteiger partial charge in [0.15, 0.2) is 5.75 Å². The van der Waals surface area contributed by atoms with Gasteiger partial charge in [0, 0.05) is 12.1 Å². The van der Waals surface area contributed by atoms with Crippen LogP contribution in [0.3, 0.4) is 0 Å². The molecule has 1 atom stereocenters. The van der Waals surface area contributed by atoms with Crippen molar-refractivity contribution in [3.05, 3.63) is 27.8 Å². The zero-order chi connectivity index (χ0) is 12.6. The van der Waals surface area contributed by atoms with Crippen molar-refractivity contribution in [3.63, 3.8) is 0 Å². The van der Waals surface area contributed by atoms with E-state index in [0.29, 0.717) is 0 Å². The lowest BCUT2D eigenvalue weighted by Crippen LogP contribution is -2.03. The SMILES string of the molecule is O=[N+]([O-])c1cc(C2=NOS(=O)O2)c(O)cc1O. The van der Waals surface area contributed by atoms with Crippen molar-refractivity contribution < 1.29 is 27.8 Å². The number of aromatic hydroxyl groups is 2. The van der Waals surface area contributed by atoms with E-state index in [1.165, 1.54) is 0 Å². The number of phenols is 2. The lowest BCUT2D eigenvalue weighted by Gasteiger charge is -2.02. The molecule has 2 rings (SSSR count). The summed E-state index contributed by atoms with van der Waals surface area (Å²) in [6.45, 7) is 0. The van der Waals surface area contributed by atoms with Gasteiger partial charge >= 0.3 is 17.0 Å². The Labute approximate surface area is 95.9 Å². The number of phenolic OH excluding ortho intramolecular Hbond substituents is 2. The molecule has 0 aliphatic carbocycles. The third-order valence-corrected chi connectivity index (χ3v) is 2.34. The molecular formula is C7H4N2O7S. The summed E-state index contributed by atoms with van der Waals surface area (Å²) in [5, 5.41) is 32.4. The summed E-state index contributed by atoms with van der Waals surface area (Å²) in [6, 6.07) is 1.58. The van der Waals surface area contributed by atoms with Gasteiger partial charge in [-0.25, -0.2) is 0 Å². The fourth-order valence-corrected chi connectivity index (χ4v) is 1.54. The molecule has 1 aromatic rings. The summed E-state index contributed by atoms with van der Waals surface area (Å²) >= 11 is -2.13. The second kappa shape index (κ2) is 3.90. The van der Waals surface area contributed by atoms with Gasteiger partial charge in [0.2, 0.25) is 0 Å². The van der Waals surface area contributed by atoms with Gasteiger partial charge in [-0.05, 0) is 5.16 Å². The normalized spacial score (nSPS) is 18.1. The molecule has 0 radical (unpaired) electrons. The van der Waals surface area contributed by atoms with Gasteiger partial charge in [-0.2, -0.15) is 4.21 Å². The van der Waals surface area contributed by atoms with Gasteiger partial charge in [-0.15, -0.1) is 0 Å². The highest BCUT2D eigenvalue weighted by Gasteiger charge is 2.26. The standard InChI is InChI=1S/C7H4N2O7S/c10-5-2-6(11)4(9(12)13)1-3(5)7-8-16-17(14)15-7/h1-2,10-11H. The first-order valence-electron chi connectivity index (χ1n) is 4.05. The number of benzene rings is 1. The van der Waals surface area contributed by atoms with Crippen LogP contribution in [0.2, 0.25) is 0 Å². The van der Waals surface area contributed by atoms with Crippen molar-refractivity contribution in [2.75, 3.05) is 0 Å². The molecule has 0 aromatic heterocycles. The first kappa shape index (κ1) is 11.1. The Morgan fingerprint density at radius 1 is 1.35 bits per heavy atom. The van der Waals surface area contributed by atoms with Gasteiger partial charge in [-0.3, -0.25) is 14.4 Å². The molecule has 1 heterocycles. The highest BCUT2D eigenvalue weighted by molar-refractivity contribution is 7.75. The van der Waals surface area contributed by atoms with E-state index in [9.17, 15) is 24.5 Å². The lowest BCUT2D eigenvalue weighted by molar-refractivity contribution is -0.385. The van der Waals surface area contributed by atoms with Gasteiger partial charge in [0.25, 0.3) is 5.90 Å². The monoisotopic (exact) mass is 260 g/mol. The minimum atomic E-state index is -2.13. The maximum atomic E-state index is 10.7. The Kier molecular flexibility index (Phi) is 2.55. The fourth-order valence-electron chi connectivity index (χ4n) is 1.14. The van der Waals surface area contributed by atoms with Crippen LogP contribution < -0.4 is 0 Å². The summed E-state index contributed by atoms with van der Waals surface area (Å²) in [6.07, 6.45) is 0. The Bertz CT molecular complexity index is 555. The van der Waals surface area contributed by atoms with Crippen molar-refractivity contribution in [2.45, 2.75) is 0 Å². The molecule has 0 saturated carbocycles. The third-order valence-electron chi connectivity index (χ3n) is 1.85. The van der Waals surface area contributed by atoms with Gasteiger partial charge in [0.05, 0.1) is 10.5 Å². The van der Waals surface area contributed by atoms with Crippen LogP contribution in [-0.2, 0) is 19.8 Å². The maximum Gasteiger partial charge on any atom is 0.441 e. The zero-order valence-electron chi connectivity index (χ0n) is 7.89. The number of nitrogens with zero attached hydrogens (tertiary/aromatic N) is 2. The highest BCUT2D eigenvalue weighted by Crippen LogP contribution is 2.34. The van der Waals surface area contributed by atoms with E-state index in [1.807, 2.05) is 0 Å². The summed E-state index contributed by atoms with van der Waals surface area (Å²) in [4.78, 5) is 9.70. The van der Waals surface area contributed by atoms with E-state index >= 15 is 0 Å². The predicted molar refractivity (Wildman–Crippen MR) is 53.3 cm³/mol. The Hall–Kier alpha value is -2.36. The molecule has 0 amide bonds. The van der Waals surface area contributed by atoms with Crippen LogP contribution in [0.5, 0.6) is 11.5 Å². The molecule has 0 fully saturated rings. The fraction of sp³-hybridized carbons (Fsp3) is 0. The average molecular weight is 260 g/mol. The Morgan fingerprint density at radius 3 is 2.59 bits per heavy atom. The van der Waals surface area contributed by atoms with Crippen molar-refractivity contribution in [3.8, 4) is 11.5 Å². The molecule has 1 aliphatic heterocycles. The van der Waals surface area contributed by atoms with Crippen LogP contribution in [-0.4, -0.2) is 25.2 Å². The zero-order valence-corrected chi connectivity index (χ0v) is 8.71. The van der Waals surface area contributed by atoms with Crippen LogP contribution >= 0.6 is 0 Å². The molecule has 0 spiro atoms. The summed E-state index contributed by atoms with van der Waals surface area (Å²) < 4.78 is 19.4.